The Hall–Kier alpha value is -6.81. The van der Waals surface area contributed by atoms with Gasteiger partial charge in [-0.2, -0.15) is 5.26 Å². The molecule has 9 rings (SSSR count). The average molecular weight is 1050 g/mol. The van der Waals surface area contributed by atoms with Gasteiger partial charge in [0.2, 0.25) is 11.8 Å². The zero-order chi connectivity index (χ0) is 52.8. The van der Waals surface area contributed by atoms with Crippen LogP contribution in [0.15, 0.2) is 96.5 Å². The number of anilines is 3. The molecule has 3 aliphatic rings. The zero-order valence-electron chi connectivity index (χ0n) is 44.2. The van der Waals surface area contributed by atoms with Crippen LogP contribution in [0.4, 0.5) is 17.2 Å². The Balaban J connectivity index is 0.756. The molecule has 4 aromatic carbocycles. The largest absolute Gasteiger partial charge is 0.496 e. The van der Waals surface area contributed by atoms with Gasteiger partial charge in [0.15, 0.2) is 0 Å². The summed E-state index contributed by atoms with van der Waals surface area (Å²) in [5.74, 6) is 2.86. The molecule has 1 unspecified atom stereocenters. The number of nitrogens with zero attached hydrogens (tertiary/aromatic N) is 6. The first-order chi connectivity index (χ1) is 37.2. The third kappa shape index (κ3) is 13.2. The quantitative estimate of drug-likeness (QED) is 0.0518. The van der Waals surface area contributed by atoms with Gasteiger partial charge in [0.25, 0.3) is 0 Å². The minimum atomic E-state index is -0.532. The van der Waals surface area contributed by atoms with Gasteiger partial charge in [-0.25, -0.2) is 9.97 Å². The fourth-order valence-corrected chi connectivity index (χ4v) is 11.5. The lowest BCUT2D eigenvalue weighted by Crippen LogP contribution is -2.55. The molecule has 4 heterocycles. The van der Waals surface area contributed by atoms with E-state index in [0.717, 1.165) is 126 Å². The molecule has 2 amide bonds. The Kier molecular flexibility index (Phi) is 18.7. The number of pyridine rings is 1. The number of benzene rings is 4. The van der Waals surface area contributed by atoms with Crippen molar-refractivity contribution >= 4 is 51.1 Å². The number of hydrogen-bond acceptors (Lipinski definition) is 15. The second kappa shape index (κ2) is 26.3. The van der Waals surface area contributed by atoms with Crippen molar-refractivity contribution in [1.82, 2.24) is 30.4 Å². The molecule has 0 spiro atoms. The number of methoxy groups -OCH3 is 1. The van der Waals surface area contributed by atoms with E-state index in [0.29, 0.717) is 63.3 Å². The summed E-state index contributed by atoms with van der Waals surface area (Å²) in [5, 5.41) is 24.2. The van der Waals surface area contributed by atoms with Crippen LogP contribution >= 0.6 is 11.3 Å². The number of piperazine rings is 1. The average Bonchev–Trinajstić information content (AvgIpc) is 4.18. The van der Waals surface area contributed by atoms with Gasteiger partial charge in [0.05, 0.1) is 68.6 Å². The molecule has 17 heteroatoms. The predicted octanol–water partition coefficient (Wildman–Crippen LogP) is 9.23. The maximum absolute atomic E-state index is 14.4. The lowest BCUT2D eigenvalue weighted by Gasteiger charge is -2.35. The number of amides is 2. The molecule has 3 N–H and O–H groups in total. The number of aromatic nitrogens is 2. The third-order valence-corrected chi connectivity index (χ3v) is 15.8. The topological polar surface area (TPSA) is 176 Å². The fourth-order valence-electron chi connectivity index (χ4n) is 10.5. The van der Waals surface area contributed by atoms with Gasteiger partial charge < -0.3 is 54.3 Å². The number of carbonyl (C=O) groups is 2. The van der Waals surface area contributed by atoms with Gasteiger partial charge >= 0.3 is 0 Å². The van der Waals surface area contributed by atoms with Crippen molar-refractivity contribution in [3.05, 3.63) is 107 Å². The highest BCUT2D eigenvalue weighted by molar-refractivity contribution is 7.10. The smallest absolute Gasteiger partial charge is 0.246 e. The zero-order valence-corrected chi connectivity index (χ0v) is 45.0. The van der Waals surface area contributed by atoms with E-state index in [2.05, 4.69) is 73.5 Å². The number of fused-ring (bicyclic) bond motifs is 1. The van der Waals surface area contributed by atoms with Crippen molar-refractivity contribution in [2.45, 2.75) is 70.0 Å². The SMILES string of the molecule is CN[C@@H](C)C(=O)NC(C(=O)N1CCC[C@H]1c1nc(-c2ccc(OCCOCCOCCOc3cc(Nc4cc(-c5cc(C#N)ccc5OC)ccn4)ccc3N3CCN(C)CC3)c3ccccc23)cs1)C1CCCCC1. The first-order valence-corrected chi connectivity index (χ1v) is 27.6. The summed E-state index contributed by atoms with van der Waals surface area (Å²) in [6, 6.07) is 28.8. The first kappa shape index (κ1) is 54.0. The Morgan fingerprint density at radius 3 is 2.28 bits per heavy atom. The second-order valence-electron chi connectivity index (χ2n) is 19.8. The summed E-state index contributed by atoms with van der Waals surface area (Å²) < 4.78 is 30.2. The molecular formula is C59H71N9O7S. The highest BCUT2D eigenvalue weighted by Crippen LogP contribution is 2.41. The molecule has 3 fully saturated rings. The van der Waals surface area contributed by atoms with E-state index in [1.54, 1.807) is 43.8 Å². The number of nitrogens with one attached hydrogen (secondary N) is 3. The summed E-state index contributed by atoms with van der Waals surface area (Å²) in [5.41, 5.74) is 5.97. The van der Waals surface area contributed by atoms with E-state index in [1.165, 1.54) is 6.42 Å². The molecule has 3 atom stereocenters. The Morgan fingerprint density at radius 2 is 1.53 bits per heavy atom. The summed E-state index contributed by atoms with van der Waals surface area (Å²) in [7, 11) is 5.53. The van der Waals surface area contributed by atoms with Crippen molar-refractivity contribution in [2.24, 2.45) is 5.92 Å². The number of ether oxygens (including phenoxy) is 5. The molecule has 1 aliphatic carbocycles. The van der Waals surface area contributed by atoms with Crippen LogP contribution in [0.25, 0.3) is 33.2 Å². The summed E-state index contributed by atoms with van der Waals surface area (Å²) in [4.78, 5) is 43.9. The monoisotopic (exact) mass is 1050 g/mol. The van der Waals surface area contributed by atoms with Gasteiger partial charge in [-0.15, -0.1) is 11.3 Å². The summed E-state index contributed by atoms with van der Waals surface area (Å²) >= 11 is 1.60. The summed E-state index contributed by atoms with van der Waals surface area (Å²) in [6.07, 6.45) is 8.71. The molecule has 6 aromatic rings. The number of thiazole rings is 1. The molecule has 0 radical (unpaired) electrons. The molecule has 1 saturated carbocycles. The van der Waals surface area contributed by atoms with Crippen molar-refractivity contribution in [3.8, 4) is 45.7 Å². The molecule has 2 aliphatic heterocycles. The van der Waals surface area contributed by atoms with Crippen molar-refractivity contribution in [3.63, 3.8) is 0 Å². The highest BCUT2D eigenvalue weighted by Gasteiger charge is 2.40. The van der Waals surface area contributed by atoms with E-state index >= 15 is 0 Å². The van der Waals surface area contributed by atoms with E-state index in [-0.39, 0.29) is 29.8 Å². The number of nitriles is 1. The highest BCUT2D eigenvalue weighted by atomic mass is 32.1. The van der Waals surface area contributed by atoms with Crippen molar-refractivity contribution in [2.75, 3.05) is 104 Å². The first-order valence-electron chi connectivity index (χ1n) is 26.8. The Morgan fingerprint density at radius 1 is 0.789 bits per heavy atom. The number of rotatable bonds is 23. The number of likely N-dealkylation sites (tertiary alicyclic amines) is 1. The molecule has 2 saturated heterocycles. The van der Waals surface area contributed by atoms with Crippen LogP contribution in [-0.4, -0.2) is 137 Å². The maximum Gasteiger partial charge on any atom is 0.246 e. The van der Waals surface area contributed by atoms with E-state index in [9.17, 15) is 14.9 Å². The molecule has 2 aromatic heterocycles. The standard InChI is InChI=1S/C59H71N9O7S/c1-40(61-2)57(69)65-56(42-11-6-5-7-12-42)59(70)68-24-10-15-51(68)58-64-49(39-76-58)46-18-21-53(47-14-9-8-13-45(46)47)74-33-31-72-29-30-73-32-34-75-54-37-44(17-19-50(54)67-27-25-66(3)26-28-67)63-55-36-43(22-23-62-55)48-35-41(38-60)16-20-52(48)71-4/h8-9,13-14,16-23,35-37,39-40,42,51,56,61H,5-7,10-12,15,24-34H2,1-4H3,(H,62,63)(H,65,69)/t40-,51-,56?/m0/s1. The normalized spacial score (nSPS) is 17.0. The molecule has 76 heavy (non-hydrogen) atoms. The van der Waals surface area contributed by atoms with E-state index < -0.39 is 6.04 Å². The van der Waals surface area contributed by atoms with Crippen LogP contribution in [0, 0.1) is 17.2 Å². The van der Waals surface area contributed by atoms with Gasteiger partial charge in [0, 0.05) is 72.6 Å². The lowest BCUT2D eigenvalue weighted by atomic mass is 9.83. The van der Waals surface area contributed by atoms with Crippen LogP contribution in [0.5, 0.6) is 17.2 Å². The minimum absolute atomic E-state index is 0.0150. The van der Waals surface area contributed by atoms with Gasteiger partial charge in [-0.05, 0) is 118 Å². The van der Waals surface area contributed by atoms with Gasteiger partial charge in [0.1, 0.15) is 47.3 Å². The molecule has 400 valence electrons. The molecule has 0 bridgehead atoms. The number of likely N-dealkylation sites (N-methyl/N-ethyl adjacent to an activating group) is 2. The number of hydrogen-bond donors (Lipinski definition) is 3. The molecule has 16 nitrogen and oxygen atoms in total. The molecular weight excluding hydrogens is 979 g/mol. The Bertz CT molecular complexity index is 2950. The predicted molar refractivity (Wildman–Crippen MR) is 299 cm³/mol. The minimum Gasteiger partial charge on any atom is -0.496 e. The Labute approximate surface area is 450 Å². The van der Waals surface area contributed by atoms with E-state index in [1.807, 2.05) is 60.4 Å². The second-order valence-corrected chi connectivity index (χ2v) is 20.7. The van der Waals surface area contributed by atoms with Gasteiger partial charge in [-0.3, -0.25) is 9.59 Å². The van der Waals surface area contributed by atoms with Crippen LogP contribution in [0.1, 0.15) is 68.5 Å². The third-order valence-electron chi connectivity index (χ3n) is 14.8. The number of carbonyl (C=O) groups excluding carboxylic acids is 2. The van der Waals surface area contributed by atoms with Crippen molar-refractivity contribution in [1.29, 1.82) is 5.26 Å². The van der Waals surface area contributed by atoms with Gasteiger partial charge in [-0.1, -0.05) is 43.5 Å². The fraction of sp³-hybridized carbons (Fsp3) is 0.441. The van der Waals surface area contributed by atoms with Crippen LogP contribution in [0.2, 0.25) is 0 Å². The lowest BCUT2D eigenvalue weighted by molar-refractivity contribution is -0.139. The van der Waals surface area contributed by atoms with Crippen LogP contribution in [-0.2, 0) is 19.1 Å². The van der Waals surface area contributed by atoms with E-state index in [4.69, 9.17) is 28.7 Å². The van der Waals surface area contributed by atoms with Crippen LogP contribution < -0.4 is 35.1 Å². The van der Waals surface area contributed by atoms with Crippen LogP contribution in [0.3, 0.4) is 0 Å². The van der Waals surface area contributed by atoms with Crippen molar-refractivity contribution < 1.29 is 33.3 Å². The summed E-state index contributed by atoms with van der Waals surface area (Å²) in [6.45, 7) is 8.55. The maximum atomic E-state index is 14.4.